The Labute approximate surface area is 189 Å². The van der Waals surface area contributed by atoms with E-state index in [1.807, 2.05) is 13.2 Å². The molecule has 156 valence electrons. The van der Waals surface area contributed by atoms with Crippen LogP contribution in [0.3, 0.4) is 0 Å². The predicted octanol–water partition coefficient (Wildman–Crippen LogP) is 5.01. The normalized spacial score (nSPS) is 14.6. The topological polar surface area (TPSA) is 92.0 Å². The van der Waals surface area contributed by atoms with Crippen molar-refractivity contribution in [2.75, 3.05) is 11.2 Å². The highest BCUT2D eigenvalue weighted by Gasteiger charge is 2.35. The van der Waals surface area contributed by atoms with E-state index in [-0.39, 0.29) is 11.8 Å². The Kier molecular flexibility index (Phi) is 6.07. The molecule has 0 radical (unpaired) electrons. The number of nitriles is 1. The van der Waals surface area contributed by atoms with Crippen LogP contribution in [0.25, 0.3) is 11.3 Å². The maximum atomic E-state index is 13.3. The van der Waals surface area contributed by atoms with Gasteiger partial charge in [0.25, 0.3) is 0 Å². The molecular formula is C22H18ClN5O2S. The van der Waals surface area contributed by atoms with E-state index < -0.39 is 6.23 Å². The minimum atomic E-state index is -0.792. The van der Waals surface area contributed by atoms with E-state index in [2.05, 4.69) is 21.3 Å². The highest BCUT2D eigenvalue weighted by Crippen LogP contribution is 2.44. The number of halogens is 1. The Morgan fingerprint density at radius 1 is 1.26 bits per heavy atom. The van der Waals surface area contributed by atoms with Crippen molar-refractivity contribution in [3.8, 4) is 23.2 Å². The number of ether oxygens (including phenoxy) is 1. The lowest BCUT2D eigenvalue weighted by Gasteiger charge is -2.31. The van der Waals surface area contributed by atoms with E-state index in [1.165, 1.54) is 11.8 Å². The van der Waals surface area contributed by atoms with Gasteiger partial charge in [-0.15, -0.1) is 10.2 Å². The molecule has 0 spiro atoms. The monoisotopic (exact) mass is 451 g/mol. The number of rotatable bonds is 4. The predicted molar refractivity (Wildman–Crippen MR) is 119 cm³/mol. The summed E-state index contributed by atoms with van der Waals surface area (Å²) in [5, 5.41) is 18.6. The lowest BCUT2D eigenvalue weighted by molar-refractivity contribution is -0.120. The number of carbonyl (C=O) groups is 1. The molecule has 1 aliphatic rings. The zero-order valence-corrected chi connectivity index (χ0v) is 18.4. The molecule has 31 heavy (non-hydrogen) atoms. The first-order chi connectivity index (χ1) is 15.0. The second-order valence-electron chi connectivity index (χ2n) is 6.83. The van der Waals surface area contributed by atoms with Gasteiger partial charge in [0.15, 0.2) is 5.69 Å². The molecule has 1 aliphatic heterocycles. The Bertz CT molecular complexity index is 1180. The highest BCUT2D eigenvalue weighted by molar-refractivity contribution is 7.98. The second kappa shape index (κ2) is 8.92. The van der Waals surface area contributed by atoms with E-state index in [0.717, 1.165) is 0 Å². The van der Waals surface area contributed by atoms with Gasteiger partial charge < -0.3 is 4.74 Å². The molecular weight excluding hydrogens is 434 g/mol. The Balaban J connectivity index is 1.96. The van der Waals surface area contributed by atoms with E-state index in [9.17, 15) is 4.79 Å². The summed E-state index contributed by atoms with van der Waals surface area (Å²) < 4.78 is 6.31. The molecule has 4 rings (SSSR count). The average molecular weight is 452 g/mol. The summed E-state index contributed by atoms with van der Waals surface area (Å²) in [4.78, 5) is 19.4. The zero-order valence-electron chi connectivity index (χ0n) is 16.9. The molecule has 0 aliphatic carbocycles. The van der Waals surface area contributed by atoms with Crippen molar-refractivity contribution in [3.05, 3.63) is 58.6 Å². The van der Waals surface area contributed by atoms with Gasteiger partial charge in [-0.25, -0.2) is 0 Å². The van der Waals surface area contributed by atoms with E-state index in [4.69, 9.17) is 21.6 Å². The molecule has 7 nitrogen and oxygen atoms in total. The maximum Gasteiger partial charge on any atom is 0.247 e. The van der Waals surface area contributed by atoms with Crippen molar-refractivity contribution in [3.63, 3.8) is 0 Å². The summed E-state index contributed by atoms with van der Waals surface area (Å²) in [5.41, 5.74) is 2.88. The lowest BCUT2D eigenvalue weighted by Crippen LogP contribution is -2.37. The number of nitrogens with zero attached hydrogens (tertiary/aromatic N) is 5. The number of benzene rings is 2. The average Bonchev–Trinajstić information content (AvgIpc) is 2.93. The molecule has 3 aromatic rings. The SMILES string of the molecule is CCCC(=O)N1c2ccc(Cl)cc2-c2nnc(SC)nc2OC1c1ccc(C#N)cc1. The Hall–Kier alpha value is -3.15. The van der Waals surface area contributed by atoms with Crippen molar-refractivity contribution < 1.29 is 9.53 Å². The van der Waals surface area contributed by atoms with Crippen LogP contribution in [0.1, 0.15) is 37.1 Å². The molecule has 0 bridgehead atoms. The fourth-order valence-corrected chi connectivity index (χ4v) is 3.84. The first-order valence-corrected chi connectivity index (χ1v) is 11.2. The van der Waals surface area contributed by atoms with Gasteiger partial charge in [-0.3, -0.25) is 9.69 Å². The van der Waals surface area contributed by atoms with Crippen LogP contribution in [0.2, 0.25) is 5.02 Å². The van der Waals surface area contributed by atoms with Crippen LogP contribution in [-0.2, 0) is 4.79 Å². The highest BCUT2D eigenvalue weighted by atomic mass is 35.5. The van der Waals surface area contributed by atoms with Crippen LogP contribution >= 0.6 is 23.4 Å². The quantitative estimate of drug-likeness (QED) is 0.514. The largest absolute Gasteiger partial charge is 0.447 e. The van der Waals surface area contributed by atoms with E-state index >= 15 is 0 Å². The number of hydrogen-bond acceptors (Lipinski definition) is 7. The minimum Gasteiger partial charge on any atom is -0.447 e. The summed E-state index contributed by atoms with van der Waals surface area (Å²) in [6, 6.07) is 14.3. The van der Waals surface area contributed by atoms with Crippen LogP contribution in [0.4, 0.5) is 5.69 Å². The molecule has 0 N–H and O–H groups in total. The number of thioether (sulfide) groups is 1. The summed E-state index contributed by atoms with van der Waals surface area (Å²) in [5.74, 6) is 0.162. The van der Waals surface area contributed by atoms with Crippen molar-refractivity contribution in [1.29, 1.82) is 5.26 Å². The van der Waals surface area contributed by atoms with Crippen molar-refractivity contribution >= 4 is 35.0 Å². The van der Waals surface area contributed by atoms with Crippen LogP contribution < -0.4 is 9.64 Å². The third-order valence-electron chi connectivity index (χ3n) is 4.81. The number of hydrogen-bond donors (Lipinski definition) is 0. The fourth-order valence-electron chi connectivity index (χ4n) is 3.37. The number of fused-ring (bicyclic) bond motifs is 3. The van der Waals surface area contributed by atoms with Gasteiger partial charge >= 0.3 is 0 Å². The molecule has 9 heteroatoms. The first kappa shape index (κ1) is 21.1. The number of amides is 1. The van der Waals surface area contributed by atoms with Gasteiger partial charge in [0.1, 0.15) is 0 Å². The summed E-state index contributed by atoms with van der Waals surface area (Å²) in [6.45, 7) is 1.95. The molecule has 1 amide bonds. The minimum absolute atomic E-state index is 0.105. The molecule has 0 saturated carbocycles. The van der Waals surface area contributed by atoms with Crippen LogP contribution in [0.15, 0.2) is 47.6 Å². The fraction of sp³-hybridized carbons (Fsp3) is 0.227. The maximum absolute atomic E-state index is 13.3. The molecule has 2 aromatic carbocycles. The van der Waals surface area contributed by atoms with Crippen molar-refractivity contribution in [2.24, 2.45) is 0 Å². The van der Waals surface area contributed by atoms with Gasteiger partial charge in [0.2, 0.25) is 23.2 Å². The van der Waals surface area contributed by atoms with Gasteiger partial charge in [0.05, 0.1) is 17.3 Å². The molecule has 0 saturated heterocycles. The summed E-state index contributed by atoms with van der Waals surface area (Å²) in [7, 11) is 0. The van der Waals surface area contributed by atoms with Gasteiger partial charge in [-0.1, -0.05) is 42.4 Å². The third-order valence-corrected chi connectivity index (χ3v) is 5.58. The molecule has 0 fully saturated rings. The van der Waals surface area contributed by atoms with Gasteiger partial charge in [0, 0.05) is 22.6 Å². The van der Waals surface area contributed by atoms with Crippen LogP contribution in [0, 0.1) is 11.3 Å². The number of carbonyl (C=O) groups excluding carboxylic acids is 1. The third kappa shape index (κ3) is 4.07. The number of aromatic nitrogens is 3. The Morgan fingerprint density at radius 3 is 2.71 bits per heavy atom. The van der Waals surface area contributed by atoms with Crippen molar-refractivity contribution in [2.45, 2.75) is 31.1 Å². The van der Waals surface area contributed by atoms with Gasteiger partial charge in [-0.2, -0.15) is 10.2 Å². The summed E-state index contributed by atoms with van der Waals surface area (Å²) >= 11 is 7.63. The lowest BCUT2D eigenvalue weighted by atomic mass is 10.1. The van der Waals surface area contributed by atoms with E-state index in [1.54, 1.807) is 47.4 Å². The van der Waals surface area contributed by atoms with Crippen LogP contribution in [0.5, 0.6) is 5.88 Å². The molecule has 1 atom stereocenters. The molecule has 2 heterocycles. The van der Waals surface area contributed by atoms with Crippen molar-refractivity contribution in [1.82, 2.24) is 15.2 Å². The molecule has 1 aromatic heterocycles. The van der Waals surface area contributed by atoms with E-state index in [0.29, 0.717) is 51.1 Å². The number of anilines is 1. The van der Waals surface area contributed by atoms with Crippen LogP contribution in [-0.4, -0.2) is 27.3 Å². The standard InChI is InChI=1S/C22H18ClN5O2S/c1-3-4-18(29)28-17-10-9-15(23)11-16(17)19-20(25-22(31-2)27-26-19)30-21(28)14-7-5-13(12-24)6-8-14/h5-11,21H,3-4H2,1-2H3. The van der Waals surface area contributed by atoms with Gasteiger partial charge in [-0.05, 0) is 43.0 Å². The molecule has 1 unspecified atom stereocenters. The Morgan fingerprint density at radius 2 is 2.03 bits per heavy atom. The zero-order chi connectivity index (χ0) is 22.0. The summed E-state index contributed by atoms with van der Waals surface area (Å²) in [6.07, 6.45) is 2.07. The first-order valence-electron chi connectivity index (χ1n) is 9.63. The second-order valence-corrected chi connectivity index (χ2v) is 8.04. The smallest absolute Gasteiger partial charge is 0.247 e.